The first-order valence-corrected chi connectivity index (χ1v) is 7.66. The van der Waals surface area contributed by atoms with Crippen LogP contribution in [0.3, 0.4) is 0 Å². The maximum atomic E-state index is 5.98. The van der Waals surface area contributed by atoms with E-state index in [2.05, 4.69) is 46.0 Å². The van der Waals surface area contributed by atoms with Crippen molar-refractivity contribution in [3.05, 3.63) is 66.2 Å². The van der Waals surface area contributed by atoms with Crippen LogP contribution in [0.1, 0.15) is 12.5 Å². The van der Waals surface area contributed by atoms with Crippen LogP contribution in [0.15, 0.2) is 70.7 Å². The van der Waals surface area contributed by atoms with E-state index in [-0.39, 0.29) is 5.29 Å². The van der Waals surface area contributed by atoms with Gasteiger partial charge in [-0.1, -0.05) is 54.6 Å². The summed E-state index contributed by atoms with van der Waals surface area (Å²) in [6, 6.07) is 18.3. The summed E-state index contributed by atoms with van der Waals surface area (Å²) in [5.74, 6) is 0. The van der Waals surface area contributed by atoms with Gasteiger partial charge in [0.05, 0.1) is 11.4 Å². The van der Waals surface area contributed by atoms with E-state index in [1.807, 2.05) is 43.3 Å². The number of aromatic amines is 1. The Labute approximate surface area is 140 Å². The summed E-state index contributed by atoms with van der Waals surface area (Å²) in [5, 5.41) is 1.22. The van der Waals surface area contributed by atoms with E-state index in [9.17, 15) is 0 Å². The van der Waals surface area contributed by atoms with Crippen molar-refractivity contribution in [3.8, 4) is 11.3 Å². The van der Waals surface area contributed by atoms with Gasteiger partial charge in [-0.25, -0.2) is 9.98 Å². The van der Waals surface area contributed by atoms with E-state index in [1.165, 1.54) is 0 Å². The number of halogens is 1. The van der Waals surface area contributed by atoms with Crippen molar-refractivity contribution in [1.82, 2.24) is 4.98 Å². The zero-order valence-electron chi connectivity index (χ0n) is 12.8. The summed E-state index contributed by atoms with van der Waals surface area (Å²) in [4.78, 5) is 11.6. The quantitative estimate of drug-likeness (QED) is 0.376. The van der Waals surface area contributed by atoms with Crippen LogP contribution < -0.4 is 0 Å². The highest BCUT2D eigenvalue weighted by Crippen LogP contribution is 2.36. The van der Waals surface area contributed by atoms with Gasteiger partial charge in [0.1, 0.15) is 0 Å². The molecule has 0 aliphatic rings. The first-order valence-electron chi connectivity index (χ1n) is 7.28. The number of aliphatic imine (C=N–C) groups is 2. The molecule has 0 amide bonds. The molecule has 1 heterocycles. The molecule has 0 aliphatic heterocycles. The summed E-state index contributed by atoms with van der Waals surface area (Å²) in [7, 11) is 0. The number of hydrogen-bond donors (Lipinski definition) is 1. The van der Waals surface area contributed by atoms with Crippen molar-refractivity contribution in [3.63, 3.8) is 0 Å². The molecule has 0 unspecified atom stereocenters. The minimum atomic E-state index is 0.127. The molecule has 2 aromatic carbocycles. The van der Waals surface area contributed by atoms with Crippen molar-refractivity contribution in [1.29, 1.82) is 0 Å². The van der Waals surface area contributed by atoms with Gasteiger partial charge in [0, 0.05) is 16.5 Å². The SMILES string of the molecule is C=N/C(Cl)=N\C(=C/C)c1c(-c2ccccc2)[nH]c2ccccc12. The standard InChI is InChI=1S/C19H16ClN3/c1-3-15(23-19(20)21-2)17-14-11-7-8-12-16(14)22-18(17)13-9-5-4-6-10-13/h3-12,22H,2H2,1H3/b15-3-,23-19-. The zero-order valence-corrected chi connectivity index (χ0v) is 13.5. The molecule has 114 valence electrons. The maximum absolute atomic E-state index is 5.98. The zero-order chi connectivity index (χ0) is 16.2. The van der Waals surface area contributed by atoms with Gasteiger partial charge in [0.2, 0.25) is 5.29 Å². The van der Waals surface area contributed by atoms with Crippen LogP contribution in [0.2, 0.25) is 0 Å². The molecule has 3 aromatic rings. The van der Waals surface area contributed by atoms with Crippen molar-refractivity contribution in [2.45, 2.75) is 6.92 Å². The fourth-order valence-corrected chi connectivity index (χ4v) is 2.72. The van der Waals surface area contributed by atoms with E-state index >= 15 is 0 Å². The van der Waals surface area contributed by atoms with Crippen molar-refractivity contribution < 1.29 is 0 Å². The summed E-state index contributed by atoms with van der Waals surface area (Å²) >= 11 is 5.98. The Morgan fingerprint density at radius 1 is 1.09 bits per heavy atom. The van der Waals surface area contributed by atoms with Gasteiger partial charge in [-0.3, -0.25) is 0 Å². The highest BCUT2D eigenvalue weighted by molar-refractivity contribution is 6.65. The number of rotatable bonds is 3. The highest BCUT2D eigenvalue weighted by Gasteiger charge is 2.16. The molecule has 0 aliphatic carbocycles. The highest BCUT2D eigenvalue weighted by atomic mass is 35.5. The normalized spacial score (nSPS) is 12.6. The number of H-pyrrole nitrogens is 1. The number of benzene rings is 2. The van der Waals surface area contributed by atoms with Crippen LogP contribution in [-0.2, 0) is 0 Å². The average molecular weight is 322 g/mol. The summed E-state index contributed by atoms with van der Waals surface area (Å²) in [6.07, 6.45) is 1.93. The molecule has 1 N–H and O–H groups in total. The lowest BCUT2D eigenvalue weighted by Crippen LogP contribution is -1.88. The number of para-hydroxylation sites is 1. The molecule has 3 nitrogen and oxygen atoms in total. The minimum absolute atomic E-state index is 0.127. The van der Waals surface area contributed by atoms with Crippen LogP contribution in [0.5, 0.6) is 0 Å². The van der Waals surface area contributed by atoms with Crippen molar-refractivity contribution in [2.24, 2.45) is 9.98 Å². The topological polar surface area (TPSA) is 40.5 Å². The number of amidine groups is 1. The second-order valence-electron chi connectivity index (χ2n) is 5.00. The van der Waals surface area contributed by atoms with Crippen molar-refractivity contribution in [2.75, 3.05) is 0 Å². The minimum Gasteiger partial charge on any atom is -0.354 e. The second kappa shape index (κ2) is 6.63. The van der Waals surface area contributed by atoms with E-state index < -0.39 is 0 Å². The molecule has 23 heavy (non-hydrogen) atoms. The molecule has 0 saturated carbocycles. The Kier molecular flexibility index (Phi) is 4.40. The predicted molar refractivity (Wildman–Crippen MR) is 100 cm³/mol. The van der Waals surface area contributed by atoms with Gasteiger partial charge in [0.25, 0.3) is 0 Å². The summed E-state index contributed by atoms with van der Waals surface area (Å²) in [6.45, 7) is 5.36. The van der Waals surface area contributed by atoms with E-state index in [0.29, 0.717) is 0 Å². The number of fused-ring (bicyclic) bond motifs is 1. The fraction of sp³-hybridized carbons (Fsp3) is 0.0526. The molecular weight excluding hydrogens is 306 g/mol. The van der Waals surface area contributed by atoms with Gasteiger partial charge >= 0.3 is 0 Å². The van der Waals surface area contributed by atoms with E-state index in [1.54, 1.807) is 0 Å². The van der Waals surface area contributed by atoms with Gasteiger partial charge in [0.15, 0.2) is 0 Å². The first-order chi connectivity index (χ1) is 11.2. The maximum Gasteiger partial charge on any atom is 0.222 e. The fourth-order valence-electron chi connectivity index (χ4n) is 2.63. The molecule has 0 radical (unpaired) electrons. The molecule has 0 bridgehead atoms. The molecular formula is C19H16ClN3. The van der Waals surface area contributed by atoms with Gasteiger partial charge in [-0.05, 0) is 36.9 Å². The first kappa shape index (κ1) is 15.3. The molecule has 0 atom stereocenters. The van der Waals surface area contributed by atoms with Gasteiger partial charge < -0.3 is 4.98 Å². The van der Waals surface area contributed by atoms with E-state index in [0.717, 1.165) is 33.4 Å². The molecule has 1 aromatic heterocycles. The second-order valence-corrected chi connectivity index (χ2v) is 5.34. The number of nitrogens with zero attached hydrogens (tertiary/aromatic N) is 2. The summed E-state index contributed by atoms with van der Waals surface area (Å²) < 4.78 is 0. The third kappa shape index (κ3) is 2.96. The Hall–Kier alpha value is -2.65. The lowest BCUT2D eigenvalue weighted by Gasteiger charge is -2.06. The smallest absolute Gasteiger partial charge is 0.222 e. The lowest BCUT2D eigenvalue weighted by atomic mass is 10.0. The van der Waals surface area contributed by atoms with Crippen LogP contribution in [-0.4, -0.2) is 17.0 Å². The van der Waals surface area contributed by atoms with Crippen molar-refractivity contribution >= 4 is 40.2 Å². The molecule has 0 spiro atoms. The Balaban J connectivity index is 2.31. The van der Waals surface area contributed by atoms with Gasteiger partial charge in [-0.2, -0.15) is 0 Å². The van der Waals surface area contributed by atoms with Crippen LogP contribution in [0, 0.1) is 0 Å². The molecule has 0 fully saturated rings. The van der Waals surface area contributed by atoms with Crippen LogP contribution in [0.25, 0.3) is 27.9 Å². The number of hydrogen-bond acceptors (Lipinski definition) is 1. The third-order valence-corrected chi connectivity index (χ3v) is 3.85. The number of allylic oxidation sites excluding steroid dienone is 1. The average Bonchev–Trinajstić information content (AvgIpc) is 2.99. The Morgan fingerprint density at radius 3 is 2.48 bits per heavy atom. The molecule has 4 heteroatoms. The Morgan fingerprint density at radius 2 is 1.78 bits per heavy atom. The Bertz CT molecular complexity index is 905. The molecule has 3 rings (SSSR count). The monoisotopic (exact) mass is 321 g/mol. The summed E-state index contributed by atoms with van der Waals surface area (Å²) in [5.41, 5.74) is 4.93. The largest absolute Gasteiger partial charge is 0.354 e. The van der Waals surface area contributed by atoms with Crippen LogP contribution in [0.4, 0.5) is 0 Å². The number of aromatic nitrogens is 1. The lowest BCUT2D eigenvalue weighted by molar-refractivity contribution is 1.42. The van der Waals surface area contributed by atoms with E-state index in [4.69, 9.17) is 11.6 Å². The number of nitrogens with one attached hydrogen (secondary N) is 1. The van der Waals surface area contributed by atoms with Gasteiger partial charge in [-0.15, -0.1) is 0 Å². The third-order valence-electron chi connectivity index (χ3n) is 3.64. The van der Waals surface area contributed by atoms with Crippen LogP contribution >= 0.6 is 11.6 Å². The molecule has 0 saturated heterocycles. The predicted octanol–water partition coefficient (Wildman–Crippen LogP) is 5.49.